The predicted molar refractivity (Wildman–Crippen MR) is 120 cm³/mol. The van der Waals surface area contributed by atoms with Crippen molar-refractivity contribution >= 4 is 0 Å². The minimum atomic E-state index is -0.181. The van der Waals surface area contributed by atoms with Crippen molar-refractivity contribution < 1.29 is 0 Å². The summed E-state index contributed by atoms with van der Waals surface area (Å²) in [5, 5.41) is 0. The molecular weight excluding hydrogens is 342 g/mol. The van der Waals surface area contributed by atoms with Crippen LogP contribution in [0.5, 0.6) is 0 Å². The van der Waals surface area contributed by atoms with Gasteiger partial charge in [-0.3, -0.25) is 4.90 Å². The van der Waals surface area contributed by atoms with Crippen LogP contribution >= 0.6 is 0 Å². The summed E-state index contributed by atoms with van der Waals surface area (Å²) in [5.41, 5.74) is 14.5. The van der Waals surface area contributed by atoms with Gasteiger partial charge in [-0.2, -0.15) is 0 Å². The van der Waals surface area contributed by atoms with Crippen LogP contribution in [0.2, 0.25) is 0 Å². The Hall–Kier alpha value is -2.46. The second-order valence-electron chi connectivity index (χ2n) is 7.79. The molecule has 0 radical (unpaired) electrons. The van der Waals surface area contributed by atoms with Crippen molar-refractivity contribution in [3.63, 3.8) is 0 Å². The Kier molecular flexibility index (Phi) is 8.89. The Balaban J connectivity index is 0.000000409. The fourth-order valence-corrected chi connectivity index (χ4v) is 2.69. The standard InChI is InChI=1S/C21H21N.C4H12N2/c1-4-10-19(11-5-1)16-22(17-20-12-6-2-7-13-20)18-21-14-8-3-9-15-21;1-4(2,6)3-5/h1-15H,16-18H2;3,5-6H2,1-2H3. The van der Waals surface area contributed by atoms with E-state index in [2.05, 4.69) is 95.9 Å². The average Bonchev–Trinajstić information content (AvgIpc) is 2.70. The first-order chi connectivity index (χ1) is 13.5. The predicted octanol–water partition coefficient (Wildman–Crippen LogP) is 4.57. The fraction of sp³-hybridized carbons (Fsp3) is 0.280. The van der Waals surface area contributed by atoms with E-state index < -0.39 is 0 Å². The first-order valence-electron chi connectivity index (χ1n) is 9.79. The van der Waals surface area contributed by atoms with Gasteiger partial charge in [-0.1, -0.05) is 91.0 Å². The fourth-order valence-electron chi connectivity index (χ4n) is 2.69. The molecule has 3 aromatic rings. The minimum absolute atomic E-state index is 0.181. The molecule has 4 N–H and O–H groups in total. The largest absolute Gasteiger partial charge is 0.329 e. The van der Waals surface area contributed by atoms with E-state index in [1.807, 2.05) is 13.8 Å². The molecule has 0 aliphatic carbocycles. The molecule has 0 saturated heterocycles. The molecule has 0 aliphatic heterocycles. The van der Waals surface area contributed by atoms with Gasteiger partial charge in [-0.05, 0) is 30.5 Å². The molecule has 0 amide bonds. The highest BCUT2D eigenvalue weighted by Gasteiger charge is 2.08. The van der Waals surface area contributed by atoms with Crippen LogP contribution < -0.4 is 11.5 Å². The van der Waals surface area contributed by atoms with Crippen molar-refractivity contribution in [2.24, 2.45) is 11.5 Å². The van der Waals surface area contributed by atoms with E-state index in [1.54, 1.807) is 0 Å². The van der Waals surface area contributed by atoms with Gasteiger partial charge in [0.15, 0.2) is 0 Å². The maximum absolute atomic E-state index is 5.41. The molecule has 148 valence electrons. The number of rotatable bonds is 7. The van der Waals surface area contributed by atoms with Crippen LogP contribution in [-0.2, 0) is 19.6 Å². The van der Waals surface area contributed by atoms with E-state index in [0.29, 0.717) is 6.54 Å². The van der Waals surface area contributed by atoms with Gasteiger partial charge in [-0.15, -0.1) is 0 Å². The lowest BCUT2D eigenvalue weighted by molar-refractivity contribution is 0.247. The Morgan fingerprint density at radius 1 is 0.607 bits per heavy atom. The van der Waals surface area contributed by atoms with Crippen LogP contribution in [0.25, 0.3) is 0 Å². The zero-order valence-electron chi connectivity index (χ0n) is 17.1. The van der Waals surface area contributed by atoms with Crippen molar-refractivity contribution in [2.45, 2.75) is 39.0 Å². The first-order valence-corrected chi connectivity index (χ1v) is 9.79. The Morgan fingerprint density at radius 2 is 0.857 bits per heavy atom. The smallest absolute Gasteiger partial charge is 0.0240 e. The summed E-state index contributed by atoms with van der Waals surface area (Å²) in [6.07, 6.45) is 0. The number of nitrogens with zero attached hydrogens (tertiary/aromatic N) is 1. The molecule has 3 nitrogen and oxygen atoms in total. The van der Waals surface area contributed by atoms with Crippen molar-refractivity contribution in [3.8, 4) is 0 Å². The third kappa shape index (κ3) is 8.96. The lowest BCUT2D eigenvalue weighted by Gasteiger charge is -2.23. The van der Waals surface area contributed by atoms with Gasteiger partial charge in [0.25, 0.3) is 0 Å². The lowest BCUT2D eigenvalue weighted by atomic mass is 10.1. The number of benzene rings is 3. The molecule has 0 atom stereocenters. The first kappa shape index (κ1) is 21.8. The van der Waals surface area contributed by atoms with Gasteiger partial charge < -0.3 is 11.5 Å². The van der Waals surface area contributed by atoms with Crippen LogP contribution in [0.1, 0.15) is 30.5 Å². The zero-order chi connectivity index (χ0) is 20.2. The third-order valence-electron chi connectivity index (χ3n) is 4.27. The molecule has 0 saturated carbocycles. The van der Waals surface area contributed by atoms with E-state index in [4.69, 9.17) is 11.5 Å². The van der Waals surface area contributed by atoms with E-state index >= 15 is 0 Å². The molecule has 28 heavy (non-hydrogen) atoms. The summed E-state index contributed by atoms with van der Waals surface area (Å²) in [4.78, 5) is 2.49. The highest BCUT2D eigenvalue weighted by atomic mass is 15.1. The van der Waals surface area contributed by atoms with Crippen LogP contribution in [0, 0.1) is 0 Å². The summed E-state index contributed by atoms with van der Waals surface area (Å²) in [5.74, 6) is 0. The van der Waals surface area contributed by atoms with Crippen LogP contribution in [0.15, 0.2) is 91.0 Å². The van der Waals surface area contributed by atoms with Crippen LogP contribution in [-0.4, -0.2) is 17.0 Å². The van der Waals surface area contributed by atoms with Gasteiger partial charge in [0.05, 0.1) is 0 Å². The number of nitrogens with two attached hydrogens (primary N) is 2. The molecule has 0 bridgehead atoms. The molecular formula is C25H33N3. The lowest BCUT2D eigenvalue weighted by Crippen LogP contribution is -2.40. The molecule has 0 fully saturated rings. The van der Waals surface area contributed by atoms with Crippen molar-refractivity contribution in [2.75, 3.05) is 6.54 Å². The second-order valence-corrected chi connectivity index (χ2v) is 7.79. The zero-order valence-corrected chi connectivity index (χ0v) is 17.1. The second kappa shape index (κ2) is 11.4. The molecule has 3 heteroatoms. The molecule has 0 aliphatic rings. The average molecular weight is 376 g/mol. The molecule has 0 spiro atoms. The monoisotopic (exact) mass is 375 g/mol. The summed E-state index contributed by atoms with van der Waals surface area (Å²) in [6, 6.07) is 32.1. The summed E-state index contributed by atoms with van der Waals surface area (Å²) < 4.78 is 0. The maximum atomic E-state index is 5.41. The van der Waals surface area contributed by atoms with E-state index in [-0.39, 0.29) is 5.54 Å². The number of hydrogen-bond donors (Lipinski definition) is 2. The summed E-state index contributed by atoms with van der Waals surface area (Å²) in [7, 11) is 0. The van der Waals surface area contributed by atoms with Gasteiger partial charge in [0, 0.05) is 31.7 Å². The van der Waals surface area contributed by atoms with Gasteiger partial charge in [0.2, 0.25) is 0 Å². The van der Waals surface area contributed by atoms with E-state index in [0.717, 1.165) is 19.6 Å². The Bertz CT molecular complexity index is 666. The summed E-state index contributed by atoms with van der Waals surface area (Å²) in [6.45, 7) is 7.23. The van der Waals surface area contributed by atoms with Crippen molar-refractivity contribution in [1.82, 2.24) is 4.90 Å². The SMILES string of the molecule is CC(C)(N)CN.c1ccc(CN(Cc2ccccc2)Cc2ccccc2)cc1. The summed E-state index contributed by atoms with van der Waals surface area (Å²) >= 11 is 0. The van der Waals surface area contributed by atoms with Crippen LogP contribution in [0.3, 0.4) is 0 Å². The highest BCUT2D eigenvalue weighted by Crippen LogP contribution is 2.14. The molecule has 0 aromatic heterocycles. The topological polar surface area (TPSA) is 55.3 Å². The van der Waals surface area contributed by atoms with Crippen LogP contribution in [0.4, 0.5) is 0 Å². The normalized spacial score (nSPS) is 11.0. The molecule has 3 rings (SSSR count). The van der Waals surface area contributed by atoms with Gasteiger partial charge in [0.1, 0.15) is 0 Å². The molecule has 0 heterocycles. The minimum Gasteiger partial charge on any atom is -0.329 e. The molecule has 3 aromatic carbocycles. The third-order valence-corrected chi connectivity index (χ3v) is 4.27. The highest BCUT2D eigenvalue weighted by molar-refractivity contribution is 5.19. The Morgan fingerprint density at radius 3 is 1.07 bits per heavy atom. The van der Waals surface area contributed by atoms with E-state index in [1.165, 1.54) is 16.7 Å². The molecule has 0 unspecified atom stereocenters. The van der Waals surface area contributed by atoms with Crippen molar-refractivity contribution in [3.05, 3.63) is 108 Å². The number of hydrogen-bond acceptors (Lipinski definition) is 3. The van der Waals surface area contributed by atoms with E-state index in [9.17, 15) is 0 Å². The Labute approximate surface area is 170 Å². The van der Waals surface area contributed by atoms with Gasteiger partial charge >= 0.3 is 0 Å². The maximum Gasteiger partial charge on any atom is 0.0240 e. The quantitative estimate of drug-likeness (QED) is 0.636. The van der Waals surface area contributed by atoms with Gasteiger partial charge in [-0.25, -0.2) is 0 Å². The van der Waals surface area contributed by atoms with Crippen molar-refractivity contribution in [1.29, 1.82) is 0 Å².